The van der Waals surface area contributed by atoms with Gasteiger partial charge in [0.25, 0.3) is 0 Å². The largest absolute Gasteiger partial charge is 0.212 e. The molecule has 0 amide bonds. The van der Waals surface area contributed by atoms with Crippen LogP contribution in [0.4, 0.5) is 0 Å². The van der Waals surface area contributed by atoms with Gasteiger partial charge >= 0.3 is 0 Å². The van der Waals surface area contributed by atoms with Crippen molar-refractivity contribution in [3.8, 4) is 0 Å². The van der Waals surface area contributed by atoms with Gasteiger partial charge in [0.15, 0.2) is 0 Å². The molecule has 1 aromatic carbocycles. The van der Waals surface area contributed by atoms with E-state index in [4.69, 9.17) is 0 Å². The number of nitrogens with one attached hydrogen (secondary N) is 1. The molecule has 1 N–H and O–H groups in total. The Morgan fingerprint density at radius 3 is 2.50 bits per heavy atom. The summed E-state index contributed by atoms with van der Waals surface area (Å²) in [6.45, 7) is 3.92. The third-order valence-corrected chi connectivity index (χ3v) is 4.44. The highest BCUT2D eigenvalue weighted by Gasteiger charge is 2.13. The van der Waals surface area contributed by atoms with E-state index in [1.165, 1.54) is 5.56 Å². The van der Waals surface area contributed by atoms with E-state index in [1.807, 2.05) is 32.0 Å². The van der Waals surface area contributed by atoms with Crippen LogP contribution >= 0.6 is 0 Å². The van der Waals surface area contributed by atoms with Crippen molar-refractivity contribution >= 4 is 10.0 Å². The minimum absolute atomic E-state index is 0.00735. The Morgan fingerprint density at radius 1 is 1.22 bits per heavy atom. The lowest BCUT2D eigenvalue weighted by Crippen LogP contribution is -2.34. The fourth-order valence-corrected chi connectivity index (χ4v) is 3.30. The van der Waals surface area contributed by atoms with Gasteiger partial charge in [0.1, 0.15) is 0 Å². The van der Waals surface area contributed by atoms with Crippen LogP contribution in [-0.4, -0.2) is 20.2 Å². The van der Waals surface area contributed by atoms with Crippen molar-refractivity contribution in [2.75, 3.05) is 5.75 Å². The minimum atomic E-state index is -3.10. The summed E-state index contributed by atoms with van der Waals surface area (Å²) in [4.78, 5) is 0. The molecule has 1 aromatic rings. The molecule has 4 heteroatoms. The first-order valence-corrected chi connectivity index (χ1v) is 8.22. The maximum absolute atomic E-state index is 11.7. The maximum atomic E-state index is 11.7. The summed E-state index contributed by atoms with van der Waals surface area (Å²) in [5.74, 6) is 0.235. The molecule has 0 saturated carbocycles. The molecule has 18 heavy (non-hydrogen) atoms. The lowest BCUT2D eigenvalue weighted by Gasteiger charge is -2.14. The number of benzene rings is 1. The van der Waals surface area contributed by atoms with Gasteiger partial charge in [-0.1, -0.05) is 43.7 Å². The Hall–Kier alpha value is -0.870. The fraction of sp³-hybridized carbons (Fsp3) is 0.571. The second-order valence-corrected chi connectivity index (χ2v) is 6.59. The van der Waals surface area contributed by atoms with Crippen LogP contribution < -0.4 is 4.72 Å². The molecule has 0 bridgehead atoms. The zero-order valence-electron chi connectivity index (χ0n) is 11.2. The van der Waals surface area contributed by atoms with E-state index in [0.717, 1.165) is 25.7 Å². The Bertz CT molecular complexity index is 428. The highest BCUT2D eigenvalue weighted by molar-refractivity contribution is 7.89. The molecule has 1 rings (SSSR count). The predicted molar refractivity (Wildman–Crippen MR) is 76.1 cm³/mol. The number of sulfonamides is 1. The summed E-state index contributed by atoms with van der Waals surface area (Å²) < 4.78 is 26.1. The lowest BCUT2D eigenvalue weighted by atomic mass is 10.1. The van der Waals surface area contributed by atoms with Crippen LogP contribution in [0.5, 0.6) is 0 Å². The number of unbranched alkanes of at least 4 members (excludes halogenated alkanes) is 1. The molecule has 0 aliphatic heterocycles. The van der Waals surface area contributed by atoms with E-state index in [0.29, 0.717) is 0 Å². The Kier molecular flexibility index (Phi) is 6.36. The SMILES string of the molecule is CCCCS(=O)(=O)N[C@@H](C)CCc1ccccc1. The molecule has 0 aromatic heterocycles. The van der Waals surface area contributed by atoms with Gasteiger partial charge in [-0.3, -0.25) is 0 Å². The summed E-state index contributed by atoms with van der Waals surface area (Å²) in [6.07, 6.45) is 3.35. The number of rotatable bonds is 8. The van der Waals surface area contributed by atoms with Gasteiger partial charge in [-0.05, 0) is 31.7 Å². The highest BCUT2D eigenvalue weighted by Crippen LogP contribution is 2.06. The van der Waals surface area contributed by atoms with Crippen LogP contribution in [0.25, 0.3) is 0 Å². The molecule has 0 aliphatic rings. The van der Waals surface area contributed by atoms with Gasteiger partial charge in [-0.25, -0.2) is 13.1 Å². The molecule has 0 saturated heterocycles. The summed E-state index contributed by atoms with van der Waals surface area (Å²) in [7, 11) is -3.10. The quantitative estimate of drug-likeness (QED) is 0.788. The first-order chi connectivity index (χ1) is 8.53. The molecule has 0 spiro atoms. The van der Waals surface area contributed by atoms with Crippen LogP contribution in [0.1, 0.15) is 38.7 Å². The first-order valence-electron chi connectivity index (χ1n) is 6.57. The van der Waals surface area contributed by atoms with Crippen LogP contribution in [0.3, 0.4) is 0 Å². The third-order valence-electron chi connectivity index (χ3n) is 2.86. The van der Waals surface area contributed by atoms with Crippen molar-refractivity contribution in [2.45, 2.75) is 45.6 Å². The van der Waals surface area contributed by atoms with E-state index >= 15 is 0 Å². The van der Waals surface area contributed by atoms with Gasteiger partial charge in [0.05, 0.1) is 5.75 Å². The van der Waals surface area contributed by atoms with Crippen molar-refractivity contribution in [2.24, 2.45) is 0 Å². The van der Waals surface area contributed by atoms with Crippen molar-refractivity contribution in [1.29, 1.82) is 0 Å². The molecular formula is C14H23NO2S. The van der Waals surface area contributed by atoms with E-state index < -0.39 is 10.0 Å². The van der Waals surface area contributed by atoms with Gasteiger partial charge in [-0.2, -0.15) is 0 Å². The molecule has 1 atom stereocenters. The molecular weight excluding hydrogens is 246 g/mol. The van der Waals surface area contributed by atoms with E-state index in [2.05, 4.69) is 16.9 Å². The number of hydrogen-bond donors (Lipinski definition) is 1. The van der Waals surface area contributed by atoms with E-state index in [-0.39, 0.29) is 11.8 Å². The van der Waals surface area contributed by atoms with Crippen molar-refractivity contribution in [3.05, 3.63) is 35.9 Å². The molecule has 0 radical (unpaired) electrons. The van der Waals surface area contributed by atoms with Crippen molar-refractivity contribution < 1.29 is 8.42 Å². The molecule has 0 unspecified atom stereocenters. The molecule has 0 fully saturated rings. The third kappa shape index (κ3) is 6.17. The van der Waals surface area contributed by atoms with Crippen molar-refractivity contribution in [3.63, 3.8) is 0 Å². The van der Waals surface area contributed by atoms with Crippen LogP contribution in [0.2, 0.25) is 0 Å². The zero-order valence-corrected chi connectivity index (χ0v) is 12.0. The van der Waals surface area contributed by atoms with Gasteiger partial charge in [0.2, 0.25) is 10.0 Å². The minimum Gasteiger partial charge on any atom is -0.212 e. The summed E-state index contributed by atoms with van der Waals surface area (Å²) >= 11 is 0. The summed E-state index contributed by atoms with van der Waals surface area (Å²) in [5, 5.41) is 0. The summed E-state index contributed by atoms with van der Waals surface area (Å²) in [5.41, 5.74) is 1.25. The Balaban J connectivity index is 2.35. The topological polar surface area (TPSA) is 46.2 Å². The molecule has 0 aliphatic carbocycles. The van der Waals surface area contributed by atoms with Crippen molar-refractivity contribution in [1.82, 2.24) is 4.72 Å². The van der Waals surface area contributed by atoms with Gasteiger partial charge < -0.3 is 0 Å². The maximum Gasteiger partial charge on any atom is 0.211 e. The Morgan fingerprint density at radius 2 is 1.89 bits per heavy atom. The molecule has 0 heterocycles. The fourth-order valence-electron chi connectivity index (χ4n) is 1.79. The predicted octanol–water partition coefficient (Wildman–Crippen LogP) is 2.73. The van der Waals surface area contributed by atoms with Crippen LogP contribution in [0.15, 0.2) is 30.3 Å². The molecule has 3 nitrogen and oxygen atoms in total. The van der Waals surface area contributed by atoms with E-state index in [9.17, 15) is 8.42 Å². The standard InChI is InChI=1S/C14H23NO2S/c1-3-4-12-18(16,17)15-13(2)10-11-14-8-6-5-7-9-14/h5-9,13,15H,3-4,10-12H2,1-2H3/t13-/m0/s1. The summed E-state index contributed by atoms with van der Waals surface area (Å²) in [6, 6.07) is 10.1. The lowest BCUT2D eigenvalue weighted by molar-refractivity contribution is 0.544. The second-order valence-electron chi connectivity index (χ2n) is 4.72. The monoisotopic (exact) mass is 269 g/mol. The van der Waals surface area contributed by atoms with E-state index in [1.54, 1.807) is 0 Å². The number of hydrogen-bond acceptors (Lipinski definition) is 2. The second kappa shape index (κ2) is 7.54. The highest BCUT2D eigenvalue weighted by atomic mass is 32.2. The van der Waals surface area contributed by atoms with Crippen LogP contribution in [0, 0.1) is 0 Å². The number of aryl methyl sites for hydroxylation is 1. The van der Waals surface area contributed by atoms with Gasteiger partial charge in [-0.15, -0.1) is 0 Å². The van der Waals surface area contributed by atoms with Crippen LogP contribution in [-0.2, 0) is 16.4 Å². The first kappa shape index (κ1) is 15.2. The zero-order chi connectivity index (χ0) is 13.4. The molecule has 102 valence electrons. The average Bonchev–Trinajstić information content (AvgIpc) is 2.35. The smallest absolute Gasteiger partial charge is 0.211 e. The van der Waals surface area contributed by atoms with Gasteiger partial charge in [0, 0.05) is 6.04 Å². The average molecular weight is 269 g/mol. The Labute approximate surface area is 111 Å². The normalized spacial score (nSPS) is 13.4.